The number of nitrogens with one attached hydrogen (secondary N) is 2. The van der Waals surface area contributed by atoms with Gasteiger partial charge in [-0.1, -0.05) is 11.2 Å². The lowest BCUT2D eigenvalue weighted by Gasteiger charge is -2.07. The second kappa shape index (κ2) is 6.90. The molecule has 0 bridgehead atoms. The van der Waals surface area contributed by atoms with Gasteiger partial charge in [-0.05, 0) is 67.6 Å². The van der Waals surface area contributed by atoms with Gasteiger partial charge >= 0.3 is 5.51 Å². The van der Waals surface area contributed by atoms with Gasteiger partial charge in [0.2, 0.25) is 5.95 Å². The average Bonchev–Trinajstić information content (AvgIpc) is 3.17. The summed E-state index contributed by atoms with van der Waals surface area (Å²) < 4.78 is 42.5. The SMILES string of the molecule is Cc1noc(C)c1-c1ccc2[nH]c(Nc3ccc(SC(F)(F)F)cc3)nc2c1. The number of H-pyrrole nitrogens is 1. The van der Waals surface area contributed by atoms with E-state index in [4.69, 9.17) is 4.52 Å². The Bertz CT molecular complexity index is 1110. The molecule has 0 unspecified atom stereocenters. The van der Waals surface area contributed by atoms with E-state index < -0.39 is 5.51 Å². The summed E-state index contributed by atoms with van der Waals surface area (Å²) in [5.41, 5.74) is 0.630. The molecule has 0 atom stereocenters. The predicted molar refractivity (Wildman–Crippen MR) is 103 cm³/mol. The minimum Gasteiger partial charge on any atom is -0.361 e. The summed E-state index contributed by atoms with van der Waals surface area (Å²) in [6.07, 6.45) is 0. The maximum Gasteiger partial charge on any atom is 0.446 e. The molecule has 0 radical (unpaired) electrons. The zero-order valence-corrected chi connectivity index (χ0v) is 15.7. The topological polar surface area (TPSA) is 66.7 Å². The molecule has 4 aromatic rings. The number of aryl methyl sites for hydroxylation is 2. The molecule has 0 saturated heterocycles. The highest BCUT2D eigenvalue weighted by Gasteiger charge is 2.29. The minimum absolute atomic E-state index is 0.131. The lowest BCUT2D eigenvalue weighted by Crippen LogP contribution is -1.99. The number of aromatic nitrogens is 3. The van der Waals surface area contributed by atoms with Crippen LogP contribution >= 0.6 is 11.8 Å². The maximum atomic E-state index is 12.4. The number of aromatic amines is 1. The van der Waals surface area contributed by atoms with Crippen LogP contribution in [-0.2, 0) is 0 Å². The van der Waals surface area contributed by atoms with Crippen LogP contribution in [0.25, 0.3) is 22.2 Å². The Morgan fingerprint density at radius 2 is 1.82 bits per heavy atom. The average molecular weight is 404 g/mol. The summed E-state index contributed by atoms with van der Waals surface area (Å²) in [5, 5.41) is 7.05. The highest BCUT2D eigenvalue weighted by molar-refractivity contribution is 8.00. The van der Waals surface area contributed by atoms with Gasteiger partial charge in [0.1, 0.15) is 5.76 Å². The summed E-state index contributed by atoms with van der Waals surface area (Å²) in [5.74, 6) is 1.24. The van der Waals surface area contributed by atoms with E-state index in [1.807, 2.05) is 32.0 Å². The zero-order chi connectivity index (χ0) is 19.9. The van der Waals surface area contributed by atoms with Crippen molar-refractivity contribution >= 4 is 34.4 Å². The van der Waals surface area contributed by atoms with Gasteiger partial charge in [0, 0.05) is 16.1 Å². The summed E-state index contributed by atoms with van der Waals surface area (Å²) >= 11 is -0.142. The van der Waals surface area contributed by atoms with Crippen molar-refractivity contribution in [3.63, 3.8) is 0 Å². The molecule has 28 heavy (non-hydrogen) atoms. The van der Waals surface area contributed by atoms with Crippen molar-refractivity contribution < 1.29 is 17.7 Å². The molecule has 2 aromatic heterocycles. The molecule has 0 fully saturated rings. The number of benzene rings is 2. The first kappa shape index (κ1) is 18.4. The van der Waals surface area contributed by atoms with Gasteiger partial charge in [0.05, 0.1) is 16.7 Å². The molecule has 4 rings (SSSR count). The number of nitrogens with zero attached hydrogens (tertiary/aromatic N) is 2. The number of hydrogen-bond donors (Lipinski definition) is 2. The van der Waals surface area contributed by atoms with E-state index in [0.29, 0.717) is 11.6 Å². The predicted octanol–water partition coefficient (Wildman–Crippen LogP) is 6.19. The summed E-state index contributed by atoms with van der Waals surface area (Å²) in [4.78, 5) is 7.80. The number of halogens is 3. The van der Waals surface area contributed by atoms with E-state index in [0.717, 1.165) is 33.6 Å². The van der Waals surface area contributed by atoms with Crippen LogP contribution in [0.3, 0.4) is 0 Å². The van der Waals surface area contributed by atoms with Crippen molar-refractivity contribution in [2.24, 2.45) is 0 Å². The van der Waals surface area contributed by atoms with Crippen molar-refractivity contribution in [1.29, 1.82) is 0 Å². The third-order valence-corrected chi connectivity index (χ3v) is 4.90. The standard InChI is InChI=1S/C19H15F3N4OS/c1-10-17(11(2)27-26-10)12-3-8-15-16(9-12)25-18(24-15)23-13-4-6-14(7-5-13)28-19(20,21)22/h3-9H,1-2H3,(H2,23,24,25). The lowest BCUT2D eigenvalue weighted by molar-refractivity contribution is -0.0328. The van der Waals surface area contributed by atoms with Crippen LogP contribution in [-0.4, -0.2) is 20.6 Å². The minimum atomic E-state index is -4.30. The molecule has 0 spiro atoms. The van der Waals surface area contributed by atoms with Crippen LogP contribution in [0.5, 0.6) is 0 Å². The fraction of sp³-hybridized carbons (Fsp3) is 0.158. The maximum absolute atomic E-state index is 12.4. The van der Waals surface area contributed by atoms with Gasteiger partial charge in [-0.25, -0.2) is 4.98 Å². The van der Waals surface area contributed by atoms with E-state index in [-0.39, 0.29) is 16.7 Å². The van der Waals surface area contributed by atoms with Crippen molar-refractivity contribution in [2.45, 2.75) is 24.3 Å². The molecule has 2 N–H and O–H groups in total. The number of imidazole rings is 1. The van der Waals surface area contributed by atoms with Crippen LogP contribution in [0.15, 0.2) is 51.9 Å². The first-order chi connectivity index (χ1) is 13.3. The normalized spacial score (nSPS) is 11.9. The fourth-order valence-corrected chi connectivity index (χ4v) is 3.53. The van der Waals surface area contributed by atoms with Gasteiger partial charge in [-0.3, -0.25) is 0 Å². The van der Waals surface area contributed by atoms with Gasteiger partial charge in [-0.15, -0.1) is 0 Å². The Labute approximate surface area is 162 Å². The van der Waals surface area contributed by atoms with Gasteiger partial charge in [0.15, 0.2) is 0 Å². The van der Waals surface area contributed by atoms with E-state index in [1.54, 1.807) is 12.1 Å². The molecular weight excluding hydrogens is 389 g/mol. The van der Waals surface area contributed by atoms with Crippen LogP contribution in [0.1, 0.15) is 11.5 Å². The second-order valence-electron chi connectivity index (χ2n) is 6.21. The van der Waals surface area contributed by atoms with Gasteiger partial charge in [0.25, 0.3) is 0 Å². The van der Waals surface area contributed by atoms with Crippen molar-refractivity contribution in [3.8, 4) is 11.1 Å². The van der Waals surface area contributed by atoms with Crippen molar-refractivity contribution in [1.82, 2.24) is 15.1 Å². The Hall–Kier alpha value is -2.94. The largest absolute Gasteiger partial charge is 0.446 e. The highest BCUT2D eigenvalue weighted by atomic mass is 32.2. The van der Waals surface area contributed by atoms with E-state index in [2.05, 4.69) is 20.4 Å². The Balaban J connectivity index is 1.57. The van der Waals surface area contributed by atoms with Crippen LogP contribution in [0, 0.1) is 13.8 Å². The smallest absolute Gasteiger partial charge is 0.361 e. The Morgan fingerprint density at radius 3 is 2.46 bits per heavy atom. The molecule has 0 aliphatic heterocycles. The molecule has 2 aromatic carbocycles. The summed E-state index contributed by atoms with van der Waals surface area (Å²) in [7, 11) is 0. The first-order valence-electron chi connectivity index (χ1n) is 8.34. The van der Waals surface area contributed by atoms with Crippen LogP contribution in [0.2, 0.25) is 0 Å². The fourth-order valence-electron chi connectivity index (χ4n) is 2.99. The lowest BCUT2D eigenvalue weighted by atomic mass is 10.0. The Morgan fingerprint density at radius 1 is 1.07 bits per heavy atom. The molecule has 144 valence electrons. The molecule has 0 aliphatic rings. The number of thioether (sulfide) groups is 1. The molecular formula is C19H15F3N4OS. The molecule has 5 nitrogen and oxygen atoms in total. The molecule has 0 aliphatic carbocycles. The quantitative estimate of drug-likeness (QED) is 0.397. The molecule has 2 heterocycles. The first-order valence-corrected chi connectivity index (χ1v) is 9.16. The molecule has 9 heteroatoms. The summed E-state index contributed by atoms with van der Waals surface area (Å²) in [6, 6.07) is 11.8. The van der Waals surface area contributed by atoms with Crippen LogP contribution in [0.4, 0.5) is 24.8 Å². The monoisotopic (exact) mass is 404 g/mol. The number of alkyl halides is 3. The van der Waals surface area contributed by atoms with Crippen molar-refractivity contribution in [2.75, 3.05) is 5.32 Å². The highest BCUT2D eigenvalue weighted by Crippen LogP contribution is 2.37. The van der Waals surface area contributed by atoms with E-state index >= 15 is 0 Å². The van der Waals surface area contributed by atoms with E-state index in [1.165, 1.54) is 12.1 Å². The number of anilines is 2. The third kappa shape index (κ3) is 3.84. The van der Waals surface area contributed by atoms with Crippen LogP contribution < -0.4 is 5.32 Å². The Kier molecular flexibility index (Phi) is 4.54. The second-order valence-corrected chi connectivity index (χ2v) is 7.35. The van der Waals surface area contributed by atoms with Crippen molar-refractivity contribution in [3.05, 3.63) is 53.9 Å². The molecule has 0 saturated carbocycles. The third-order valence-electron chi connectivity index (χ3n) is 4.16. The zero-order valence-electron chi connectivity index (χ0n) is 14.9. The van der Waals surface area contributed by atoms with E-state index in [9.17, 15) is 13.2 Å². The number of rotatable bonds is 4. The molecule has 0 amide bonds. The van der Waals surface area contributed by atoms with Gasteiger partial charge in [-0.2, -0.15) is 13.2 Å². The summed E-state index contributed by atoms with van der Waals surface area (Å²) in [6.45, 7) is 3.74. The van der Waals surface area contributed by atoms with Gasteiger partial charge < -0.3 is 14.8 Å². The number of hydrogen-bond acceptors (Lipinski definition) is 5. The number of fused-ring (bicyclic) bond motifs is 1.